The second-order valence-corrected chi connectivity index (χ2v) is 5.27. The SMILES string of the molecule is COC(=O)[C@@]1(C)CC(O)CN1C(=O)OCc1ccccc1. The first-order valence-corrected chi connectivity index (χ1v) is 6.72. The van der Waals surface area contributed by atoms with E-state index in [0.717, 1.165) is 5.56 Å². The van der Waals surface area contributed by atoms with Gasteiger partial charge < -0.3 is 14.6 Å². The average molecular weight is 293 g/mol. The van der Waals surface area contributed by atoms with Crippen molar-refractivity contribution in [1.29, 1.82) is 0 Å². The zero-order chi connectivity index (χ0) is 15.5. The van der Waals surface area contributed by atoms with E-state index < -0.39 is 23.7 Å². The molecule has 0 aromatic heterocycles. The summed E-state index contributed by atoms with van der Waals surface area (Å²) < 4.78 is 9.95. The van der Waals surface area contributed by atoms with Crippen molar-refractivity contribution in [3.8, 4) is 0 Å². The Morgan fingerprint density at radius 1 is 1.38 bits per heavy atom. The lowest BCUT2D eigenvalue weighted by Crippen LogP contribution is -2.51. The summed E-state index contributed by atoms with van der Waals surface area (Å²) in [6, 6.07) is 9.25. The number of nitrogens with zero attached hydrogens (tertiary/aromatic N) is 1. The van der Waals surface area contributed by atoms with Crippen LogP contribution in [0.15, 0.2) is 30.3 Å². The summed E-state index contributed by atoms with van der Waals surface area (Å²) in [4.78, 5) is 25.3. The number of aliphatic hydroxyl groups excluding tert-OH is 1. The van der Waals surface area contributed by atoms with Crippen molar-refractivity contribution in [2.75, 3.05) is 13.7 Å². The van der Waals surface area contributed by atoms with Crippen molar-refractivity contribution >= 4 is 12.1 Å². The lowest BCUT2D eigenvalue weighted by Gasteiger charge is -2.31. The zero-order valence-corrected chi connectivity index (χ0v) is 12.1. The van der Waals surface area contributed by atoms with Crippen molar-refractivity contribution in [1.82, 2.24) is 4.90 Å². The van der Waals surface area contributed by atoms with Crippen LogP contribution in [0.3, 0.4) is 0 Å². The number of carbonyl (C=O) groups excluding carboxylic acids is 2. The molecule has 0 aliphatic carbocycles. The normalized spacial score (nSPS) is 24.7. The number of likely N-dealkylation sites (tertiary alicyclic amines) is 1. The molecular weight excluding hydrogens is 274 g/mol. The number of β-amino-alcohol motifs (C(OH)–C–C–N with tert-alkyl or cyclic N) is 1. The van der Waals surface area contributed by atoms with E-state index in [4.69, 9.17) is 9.47 Å². The fraction of sp³-hybridized carbons (Fsp3) is 0.467. The minimum Gasteiger partial charge on any atom is -0.467 e. The number of esters is 1. The molecule has 1 aliphatic rings. The number of ether oxygens (including phenoxy) is 2. The molecule has 1 saturated heterocycles. The second-order valence-electron chi connectivity index (χ2n) is 5.27. The third-order valence-corrected chi connectivity index (χ3v) is 3.67. The van der Waals surface area contributed by atoms with Crippen LogP contribution in [-0.2, 0) is 20.9 Å². The highest BCUT2D eigenvalue weighted by Gasteiger charge is 2.51. The number of methoxy groups -OCH3 is 1. The van der Waals surface area contributed by atoms with E-state index in [2.05, 4.69) is 0 Å². The van der Waals surface area contributed by atoms with Crippen LogP contribution < -0.4 is 0 Å². The van der Waals surface area contributed by atoms with E-state index in [0.29, 0.717) is 0 Å². The number of aliphatic hydroxyl groups is 1. The van der Waals surface area contributed by atoms with Crippen LogP contribution in [0.4, 0.5) is 4.79 Å². The maximum Gasteiger partial charge on any atom is 0.411 e. The molecule has 1 aromatic carbocycles. The molecule has 2 atom stereocenters. The van der Waals surface area contributed by atoms with Crippen molar-refractivity contribution in [3.05, 3.63) is 35.9 Å². The highest BCUT2D eigenvalue weighted by Crippen LogP contribution is 2.31. The Balaban J connectivity index is 2.05. The van der Waals surface area contributed by atoms with Crippen molar-refractivity contribution in [2.45, 2.75) is 31.6 Å². The molecule has 1 N–H and O–H groups in total. The van der Waals surface area contributed by atoms with Gasteiger partial charge in [-0.1, -0.05) is 30.3 Å². The van der Waals surface area contributed by atoms with Crippen LogP contribution in [0.5, 0.6) is 0 Å². The zero-order valence-electron chi connectivity index (χ0n) is 12.1. The van der Waals surface area contributed by atoms with E-state index in [1.807, 2.05) is 30.3 Å². The topological polar surface area (TPSA) is 76.1 Å². The fourth-order valence-electron chi connectivity index (χ4n) is 2.53. The number of hydrogen-bond donors (Lipinski definition) is 1. The van der Waals surface area contributed by atoms with Crippen LogP contribution in [0.2, 0.25) is 0 Å². The Bertz CT molecular complexity index is 518. The van der Waals surface area contributed by atoms with Crippen molar-refractivity contribution in [2.24, 2.45) is 0 Å². The van der Waals surface area contributed by atoms with Gasteiger partial charge in [-0.05, 0) is 12.5 Å². The van der Waals surface area contributed by atoms with Gasteiger partial charge in [0.1, 0.15) is 12.1 Å². The molecule has 21 heavy (non-hydrogen) atoms. The Morgan fingerprint density at radius 2 is 2.05 bits per heavy atom. The fourth-order valence-corrected chi connectivity index (χ4v) is 2.53. The van der Waals surface area contributed by atoms with Crippen molar-refractivity contribution < 1.29 is 24.2 Å². The highest BCUT2D eigenvalue weighted by atomic mass is 16.6. The van der Waals surface area contributed by atoms with Crippen LogP contribution in [0, 0.1) is 0 Å². The maximum atomic E-state index is 12.2. The molecule has 6 heteroatoms. The van der Waals surface area contributed by atoms with Crippen LogP contribution in [0.1, 0.15) is 18.9 Å². The Hall–Kier alpha value is -2.08. The standard InChI is InChI=1S/C15H19NO5/c1-15(13(18)20-2)8-12(17)9-16(15)14(19)21-10-11-6-4-3-5-7-11/h3-7,12,17H,8-10H2,1-2H3/t12?,15-/m1/s1. The molecule has 1 aromatic rings. The van der Waals surface area contributed by atoms with Gasteiger partial charge in [-0.25, -0.2) is 9.59 Å². The van der Waals surface area contributed by atoms with E-state index in [1.165, 1.54) is 12.0 Å². The summed E-state index contributed by atoms with van der Waals surface area (Å²) in [6.07, 6.45) is -1.26. The predicted molar refractivity (Wildman–Crippen MR) is 74.4 cm³/mol. The molecule has 1 unspecified atom stereocenters. The molecule has 0 saturated carbocycles. The van der Waals surface area contributed by atoms with E-state index in [1.54, 1.807) is 6.92 Å². The molecule has 1 heterocycles. The van der Waals surface area contributed by atoms with Gasteiger partial charge in [-0.15, -0.1) is 0 Å². The smallest absolute Gasteiger partial charge is 0.411 e. The molecule has 2 rings (SSSR count). The summed E-state index contributed by atoms with van der Waals surface area (Å²) in [5.41, 5.74) is -0.340. The van der Waals surface area contributed by atoms with Gasteiger partial charge in [0.2, 0.25) is 0 Å². The monoisotopic (exact) mass is 293 g/mol. The molecule has 6 nitrogen and oxygen atoms in total. The number of hydrogen-bond acceptors (Lipinski definition) is 5. The molecule has 1 fully saturated rings. The van der Waals surface area contributed by atoms with Crippen LogP contribution in [0.25, 0.3) is 0 Å². The summed E-state index contributed by atoms with van der Waals surface area (Å²) in [7, 11) is 1.26. The molecule has 0 bridgehead atoms. The summed E-state index contributed by atoms with van der Waals surface area (Å²) in [5.74, 6) is -0.560. The lowest BCUT2D eigenvalue weighted by molar-refractivity contribution is -0.151. The van der Waals surface area contributed by atoms with Crippen LogP contribution in [-0.4, -0.2) is 47.4 Å². The van der Waals surface area contributed by atoms with Gasteiger partial charge in [0.15, 0.2) is 0 Å². The molecule has 1 amide bonds. The number of rotatable bonds is 3. The third-order valence-electron chi connectivity index (χ3n) is 3.67. The summed E-state index contributed by atoms with van der Waals surface area (Å²) >= 11 is 0. The summed E-state index contributed by atoms with van der Waals surface area (Å²) in [5, 5.41) is 9.76. The quantitative estimate of drug-likeness (QED) is 0.851. The van der Waals surface area contributed by atoms with Gasteiger partial charge in [-0.2, -0.15) is 0 Å². The van der Waals surface area contributed by atoms with Gasteiger partial charge in [-0.3, -0.25) is 4.90 Å². The predicted octanol–water partition coefficient (Wildman–Crippen LogP) is 1.32. The average Bonchev–Trinajstić information content (AvgIpc) is 2.81. The Morgan fingerprint density at radius 3 is 2.67 bits per heavy atom. The largest absolute Gasteiger partial charge is 0.467 e. The van der Waals surface area contributed by atoms with Crippen LogP contribution >= 0.6 is 0 Å². The van der Waals surface area contributed by atoms with Gasteiger partial charge in [0.05, 0.1) is 19.8 Å². The van der Waals surface area contributed by atoms with E-state index in [9.17, 15) is 14.7 Å². The first-order chi connectivity index (χ1) is 9.97. The first kappa shape index (κ1) is 15.3. The molecule has 0 spiro atoms. The molecule has 114 valence electrons. The lowest BCUT2D eigenvalue weighted by atomic mass is 9.99. The molecular formula is C15H19NO5. The van der Waals surface area contributed by atoms with E-state index >= 15 is 0 Å². The molecule has 1 aliphatic heterocycles. The number of benzene rings is 1. The minimum absolute atomic E-state index is 0.0548. The second kappa shape index (κ2) is 6.13. The highest BCUT2D eigenvalue weighted by molar-refractivity contribution is 5.86. The maximum absolute atomic E-state index is 12.2. The Labute approximate surface area is 123 Å². The number of amides is 1. The van der Waals surface area contributed by atoms with Crippen molar-refractivity contribution in [3.63, 3.8) is 0 Å². The minimum atomic E-state index is -1.19. The third kappa shape index (κ3) is 3.16. The van der Waals surface area contributed by atoms with Gasteiger partial charge >= 0.3 is 12.1 Å². The Kier molecular flexibility index (Phi) is 4.47. The van der Waals surface area contributed by atoms with E-state index in [-0.39, 0.29) is 19.6 Å². The summed E-state index contributed by atoms with van der Waals surface area (Å²) in [6.45, 7) is 1.74. The molecule has 0 radical (unpaired) electrons. The first-order valence-electron chi connectivity index (χ1n) is 6.72. The number of carbonyl (C=O) groups is 2. The van der Waals surface area contributed by atoms with Gasteiger partial charge in [0, 0.05) is 6.42 Å². The van der Waals surface area contributed by atoms with Gasteiger partial charge in [0.25, 0.3) is 0 Å².